The van der Waals surface area contributed by atoms with Crippen molar-refractivity contribution in [1.82, 2.24) is 0 Å². The summed E-state index contributed by atoms with van der Waals surface area (Å²) >= 11 is 0. The Morgan fingerprint density at radius 1 is 1.23 bits per heavy atom. The molecule has 0 amide bonds. The van der Waals surface area contributed by atoms with Gasteiger partial charge in [-0.2, -0.15) is 0 Å². The highest BCUT2D eigenvalue weighted by molar-refractivity contribution is 7.69. The molecule has 0 bridgehead atoms. The number of rotatable bonds is 6. The van der Waals surface area contributed by atoms with E-state index in [0.29, 0.717) is 0 Å². The van der Waals surface area contributed by atoms with Crippen LogP contribution < -0.4 is 0 Å². The summed E-state index contributed by atoms with van der Waals surface area (Å²) in [6.45, 7) is -1.31. The normalized spacial score (nSPS) is 17.9. The Morgan fingerprint density at radius 3 is 2.15 bits per heavy atom. The van der Waals surface area contributed by atoms with E-state index in [9.17, 15) is 4.79 Å². The van der Waals surface area contributed by atoms with Gasteiger partial charge < -0.3 is 25.3 Å². The van der Waals surface area contributed by atoms with Gasteiger partial charge in [0.25, 0.3) is 0 Å². The van der Waals surface area contributed by atoms with Crippen molar-refractivity contribution >= 4 is 13.7 Å². The van der Waals surface area contributed by atoms with Crippen molar-refractivity contribution in [2.45, 2.75) is 12.2 Å². The Bertz CT molecular complexity index is 163. The molecule has 0 aliphatic heterocycles. The molecule has 0 saturated carbocycles. The first-order valence-corrected chi connectivity index (χ1v) is 5.09. The lowest BCUT2D eigenvalue weighted by Crippen LogP contribution is -2.26. The molecule has 0 spiro atoms. The molecule has 0 aromatic rings. The molecular formula is C6H13O6P. The van der Waals surface area contributed by atoms with Gasteiger partial charge in [0, 0.05) is 6.16 Å². The lowest BCUT2D eigenvalue weighted by Gasteiger charge is -2.14. The molecule has 5 N–H and O–H groups in total. The van der Waals surface area contributed by atoms with Crippen molar-refractivity contribution < 1.29 is 30.1 Å². The maximum Gasteiger partial charge on any atom is 0.212 e. The molecule has 0 heterocycles. The van der Waals surface area contributed by atoms with Crippen molar-refractivity contribution in [3.05, 3.63) is 0 Å². The lowest BCUT2D eigenvalue weighted by molar-refractivity contribution is -0.121. The first-order valence-electron chi connectivity index (χ1n) is 3.61. The van der Waals surface area contributed by atoms with Crippen molar-refractivity contribution in [2.24, 2.45) is 0 Å². The third kappa shape index (κ3) is 4.61. The second-order valence-electron chi connectivity index (χ2n) is 2.46. The predicted octanol–water partition coefficient (Wildman–Crippen LogP) is -2.39. The molecule has 0 saturated heterocycles. The van der Waals surface area contributed by atoms with E-state index < -0.39 is 39.1 Å². The van der Waals surface area contributed by atoms with Crippen molar-refractivity contribution in [1.29, 1.82) is 0 Å². The Kier molecular flexibility index (Phi) is 6.32. The summed E-state index contributed by atoms with van der Waals surface area (Å²) in [5, 5.41) is 34.4. The molecule has 13 heavy (non-hydrogen) atoms. The van der Waals surface area contributed by atoms with Crippen LogP contribution in [0.5, 0.6) is 0 Å². The molecule has 0 rings (SSSR count). The summed E-state index contributed by atoms with van der Waals surface area (Å²) < 4.78 is 0. The zero-order chi connectivity index (χ0) is 10.4. The Morgan fingerprint density at radius 2 is 1.77 bits per heavy atom. The molecule has 0 aromatic carbocycles. The topological polar surface area (TPSA) is 118 Å². The average molecular weight is 212 g/mol. The van der Waals surface area contributed by atoms with Crippen LogP contribution in [0.4, 0.5) is 0 Å². The summed E-state index contributed by atoms with van der Waals surface area (Å²) in [7, 11) is -2.19. The first kappa shape index (κ1) is 12.9. The van der Waals surface area contributed by atoms with Crippen molar-refractivity contribution in [2.75, 3.05) is 19.4 Å². The Balaban J connectivity index is 3.95. The van der Waals surface area contributed by atoms with Crippen LogP contribution in [0.3, 0.4) is 0 Å². The largest absolute Gasteiger partial charge is 0.394 e. The van der Waals surface area contributed by atoms with Crippen LogP contribution in [0.2, 0.25) is 0 Å². The van der Waals surface area contributed by atoms with Gasteiger partial charge in [0.1, 0.15) is 14.3 Å². The number of hydrogen-bond donors (Lipinski definition) is 5. The molecule has 0 radical (unpaired) electrons. The molecule has 78 valence electrons. The van der Waals surface area contributed by atoms with Gasteiger partial charge in [-0.05, 0) is 0 Å². The summed E-state index contributed by atoms with van der Waals surface area (Å²) in [4.78, 5) is 20.0. The third-order valence-electron chi connectivity index (χ3n) is 1.31. The van der Waals surface area contributed by atoms with E-state index in [1.165, 1.54) is 0 Å². The second-order valence-corrected chi connectivity index (χ2v) is 4.06. The van der Waals surface area contributed by atoms with Gasteiger partial charge in [-0.25, -0.2) is 0 Å². The number of carbonyl (C=O) groups excluding carboxylic acids is 1. The fourth-order valence-corrected chi connectivity index (χ4v) is 1.72. The monoisotopic (exact) mass is 212 g/mol. The highest BCUT2D eigenvalue weighted by Gasteiger charge is 2.25. The number of hydrogen-bond acceptors (Lipinski definition) is 6. The van der Waals surface area contributed by atoms with E-state index >= 15 is 0 Å². The van der Waals surface area contributed by atoms with Gasteiger partial charge in [0.15, 0.2) is 0 Å². The standard InChI is InChI=1S/C6H13O6P/c7-1-4(9)3-13(12)6(11)5(10)2-8/h4-5,7-10,12H,1-3H2. The van der Waals surface area contributed by atoms with Crippen LogP contribution in [0.1, 0.15) is 0 Å². The summed E-state index contributed by atoms with van der Waals surface area (Å²) in [5.41, 5.74) is -0.898. The maximum absolute atomic E-state index is 10.9. The van der Waals surface area contributed by atoms with Crippen LogP contribution in [0.15, 0.2) is 0 Å². The minimum Gasteiger partial charge on any atom is -0.394 e. The first-order chi connectivity index (χ1) is 6.02. The van der Waals surface area contributed by atoms with Gasteiger partial charge in [0.2, 0.25) is 5.52 Å². The molecule has 3 atom stereocenters. The molecule has 3 unspecified atom stereocenters. The number of carbonyl (C=O) groups is 1. The fraction of sp³-hybridized carbons (Fsp3) is 0.833. The summed E-state index contributed by atoms with van der Waals surface area (Å²) in [6.07, 6.45) is -3.07. The van der Waals surface area contributed by atoms with Crippen molar-refractivity contribution in [3.8, 4) is 0 Å². The second kappa shape index (κ2) is 6.37. The minimum atomic E-state index is -2.19. The maximum atomic E-state index is 10.9. The molecule has 7 heteroatoms. The smallest absolute Gasteiger partial charge is 0.212 e. The van der Waals surface area contributed by atoms with Gasteiger partial charge in [-0.3, -0.25) is 4.79 Å². The fourth-order valence-electron chi connectivity index (χ4n) is 0.597. The van der Waals surface area contributed by atoms with E-state index in [4.69, 9.17) is 25.3 Å². The Labute approximate surface area is 76.3 Å². The van der Waals surface area contributed by atoms with Gasteiger partial charge in [0.05, 0.1) is 19.3 Å². The SMILES string of the molecule is O=C(C(O)CO)P(O)CC(O)CO. The van der Waals surface area contributed by atoms with E-state index in [2.05, 4.69) is 0 Å². The van der Waals surface area contributed by atoms with Crippen LogP contribution in [-0.4, -0.2) is 62.4 Å². The van der Waals surface area contributed by atoms with E-state index in [-0.39, 0.29) is 6.16 Å². The van der Waals surface area contributed by atoms with Crippen LogP contribution in [-0.2, 0) is 4.79 Å². The summed E-state index contributed by atoms with van der Waals surface area (Å²) in [6, 6.07) is 0. The van der Waals surface area contributed by atoms with E-state index in [0.717, 1.165) is 0 Å². The van der Waals surface area contributed by atoms with Gasteiger partial charge in [-0.15, -0.1) is 0 Å². The zero-order valence-corrected chi connectivity index (χ0v) is 7.76. The van der Waals surface area contributed by atoms with Gasteiger partial charge in [-0.1, -0.05) is 0 Å². The molecule has 0 fully saturated rings. The van der Waals surface area contributed by atoms with Crippen LogP contribution in [0.25, 0.3) is 0 Å². The van der Waals surface area contributed by atoms with Crippen LogP contribution in [0, 0.1) is 0 Å². The lowest BCUT2D eigenvalue weighted by atomic mass is 10.4. The molecule has 0 aromatic heterocycles. The quantitative estimate of drug-likeness (QED) is 0.313. The van der Waals surface area contributed by atoms with Crippen molar-refractivity contribution in [3.63, 3.8) is 0 Å². The van der Waals surface area contributed by atoms with Gasteiger partial charge >= 0.3 is 0 Å². The highest BCUT2D eigenvalue weighted by Crippen LogP contribution is 2.32. The zero-order valence-electron chi connectivity index (χ0n) is 6.87. The third-order valence-corrected chi connectivity index (χ3v) is 2.88. The summed E-state index contributed by atoms with van der Waals surface area (Å²) in [5.74, 6) is 0. The van der Waals surface area contributed by atoms with Crippen LogP contribution >= 0.6 is 8.15 Å². The van der Waals surface area contributed by atoms with E-state index in [1.807, 2.05) is 0 Å². The molecule has 6 nitrogen and oxygen atoms in total. The number of aliphatic hydroxyl groups is 4. The molecule has 0 aliphatic rings. The average Bonchev–Trinajstić information content (AvgIpc) is 2.14. The van der Waals surface area contributed by atoms with E-state index in [1.54, 1.807) is 0 Å². The predicted molar refractivity (Wildman–Crippen MR) is 45.2 cm³/mol. The molecular weight excluding hydrogens is 199 g/mol. The minimum absolute atomic E-state index is 0.290. The Hall–Kier alpha value is -0.100. The number of aliphatic hydroxyl groups excluding tert-OH is 4. The highest BCUT2D eigenvalue weighted by atomic mass is 31.1. The molecule has 0 aliphatic carbocycles.